The standard InChI is InChI=1S/C21H28FN5O/c22-18-10-4-3-9-17(18)19(26-13-5-6-14-26)15-23-21(28)25-20-11-12-24-27(20)16-7-1-2-8-16/h3-4,9-12,16,19H,1-2,5-8,13-15H2,(H2,23,25,28)/t19-/m0/s1. The molecule has 1 saturated carbocycles. The molecule has 0 spiro atoms. The molecule has 0 radical (unpaired) electrons. The van der Waals surface area contributed by atoms with Gasteiger partial charge in [-0.3, -0.25) is 10.2 Å². The van der Waals surface area contributed by atoms with E-state index in [0.717, 1.165) is 38.8 Å². The third-order valence-electron chi connectivity index (χ3n) is 5.88. The van der Waals surface area contributed by atoms with Gasteiger partial charge < -0.3 is 5.32 Å². The van der Waals surface area contributed by atoms with Gasteiger partial charge in [-0.05, 0) is 44.8 Å². The average molecular weight is 385 g/mol. The molecule has 150 valence electrons. The van der Waals surface area contributed by atoms with Crippen molar-refractivity contribution >= 4 is 11.8 Å². The fourth-order valence-electron chi connectivity index (χ4n) is 4.44. The second-order valence-electron chi connectivity index (χ2n) is 7.71. The lowest BCUT2D eigenvalue weighted by atomic mass is 10.0. The third-order valence-corrected chi connectivity index (χ3v) is 5.88. The van der Waals surface area contributed by atoms with Crippen LogP contribution in [-0.2, 0) is 0 Å². The Balaban J connectivity index is 1.41. The summed E-state index contributed by atoms with van der Waals surface area (Å²) in [4.78, 5) is 14.8. The van der Waals surface area contributed by atoms with Gasteiger partial charge in [-0.25, -0.2) is 13.9 Å². The Morgan fingerprint density at radius 2 is 1.89 bits per heavy atom. The van der Waals surface area contributed by atoms with Crippen molar-refractivity contribution in [2.24, 2.45) is 0 Å². The molecule has 2 fully saturated rings. The molecule has 2 aliphatic rings. The molecular weight excluding hydrogens is 357 g/mol. The van der Waals surface area contributed by atoms with Gasteiger partial charge in [0.2, 0.25) is 0 Å². The number of hydrogen-bond donors (Lipinski definition) is 2. The summed E-state index contributed by atoms with van der Waals surface area (Å²) in [6, 6.07) is 8.60. The quantitative estimate of drug-likeness (QED) is 0.787. The third kappa shape index (κ3) is 4.19. The van der Waals surface area contributed by atoms with E-state index < -0.39 is 0 Å². The van der Waals surface area contributed by atoms with E-state index in [-0.39, 0.29) is 17.9 Å². The SMILES string of the molecule is O=C(NC[C@@H](c1ccccc1F)N1CCCC1)Nc1ccnn1C1CCCC1. The highest BCUT2D eigenvalue weighted by Crippen LogP contribution is 2.31. The number of rotatable bonds is 6. The number of carbonyl (C=O) groups excluding carboxylic acids is 1. The topological polar surface area (TPSA) is 62.2 Å². The van der Waals surface area contributed by atoms with Crippen LogP contribution in [0.5, 0.6) is 0 Å². The molecule has 0 unspecified atom stereocenters. The summed E-state index contributed by atoms with van der Waals surface area (Å²) in [6.07, 6.45) is 8.55. The van der Waals surface area contributed by atoms with Crippen LogP contribution in [0, 0.1) is 5.82 Å². The number of likely N-dealkylation sites (tertiary alicyclic amines) is 1. The van der Waals surface area contributed by atoms with E-state index in [1.165, 1.54) is 18.9 Å². The lowest BCUT2D eigenvalue weighted by Gasteiger charge is -2.28. The van der Waals surface area contributed by atoms with Crippen LogP contribution in [0.25, 0.3) is 0 Å². The number of anilines is 1. The molecule has 6 nitrogen and oxygen atoms in total. The summed E-state index contributed by atoms with van der Waals surface area (Å²) >= 11 is 0. The normalized spacial score (nSPS) is 19.0. The smallest absolute Gasteiger partial charge is 0.320 e. The van der Waals surface area contributed by atoms with Gasteiger partial charge in [0.05, 0.1) is 18.3 Å². The first-order valence-electron chi connectivity index (χ1n) is 10.3. The molecule has 0 bridgehead atoms. The van der Waals surface area contributed by atoms with Gasteiger partial charge in [-0.2, -0.15) is 5.10 Å². The van der Waals surface area contributed by atoms with E-state index in [4.69, 9.17) is 0 Å². The fraction of sp³-hybridized carbons (Fsp3) is 0.524. The van der Waals surface area contributed by atoms with Crippen LogP contribution in [0.3, 0.4) is 0 Å². The maximum atomic E-state index is 14.4. The highest BCUT2D eigenvalue weighted by molar-refractivity contribution is 5.88. The number of amides is 2. The maximum absolute atomic E-state index is 14.4. The molecular formula is C21H28FN5O. The molecule has 2 heterocycles. The van der Waals surface area contributed by atoms with Crippen molar-refractivity contribution in [3.8, 4) is 0 Å². The van der Waals surface area contributed by atoms with Crippen LogP contribution >= 0.6 is 0 Å². The van der Waals surface area contributed by atoms with Gasteiger partial charge in [-0.1, -0.05) is 31.0 Å². The van der Waals surface area contributed by atoms with E-state index in [1.54, 1.807) is 12.3 Å². The predicted molar refractivity (Wildman–Crippen MR) is 107 cm³/mol. The summed E-state index contributed by atoms with van der Waals surface area (Å²) in [5.41, 5.74) is 0.640. The Morgan fingerprint density at radius 3 is 2.64 bits per heavy atom. The van der Waals surface area contributed by atoms with Gasteiger partial charge >= 0.3 is 6.03 Å². The lowest BCUT2D eigenvalue weighted by Crippen LogP contribution is -2.39. The molecule has 2 N–H and O–H groups in total. The van der Waals surface area contributed by atoms with Crippen LogP contribution in [0.1, 0.15) is 56.2 Å². The van der Waals surface area contributed by atoms with E-state index in [1.807, 2.05) is 22.9 Å². The largest absolute Gasteiger partial charge is 0.336 e. The van der Waals surface area contributed by atoms with Crippen LogP contribution in [0.15, 0.2) is 36.5 Å². The zero-order chi connectivity index (χ0) is 19.3. The number of carbonyl (C=O) groups is 1. The van der Waals surface area contributed by atoms with Gasteiger partial charge in [0.15, 0.2) is 0 Å². The minimum atomic E-state index is -0.278. The predicted octanol–water partition coefficient (Wildman–Crippen LogP) is 4.10. The summed E-state index contributed by atoms with van der Waals surface area (Å²) in [7, 11) is 0. The van der Waals surface area contributed by atoms with E-state index >= 15 is 0 Å². The first-order valence-corrected chi connectivity index (χ1v) is 10.3. The van der Waals surface area contributed by atoms with Crippen LogP contribution in [0.2, 0.25) is 0 Å². The van der Waals surface area contributed by atoms with Crippen LogP contribution in [-0.4, -0.2) is 40.3 Å². The Labute approximate surface area is 165 Å². The average Bonchev–Trinajstić information content (AvgIpc) is 3.46. The first-order chi connectivity index (χ1) is 13.7. The minimum absolute atomic E-state index is 0.158. The van der Waals surface area contributed by atoms with Crippen molar-refractivity contribution in [2.45, 2.75) is 50.6 Å². The van der Waals surface area contributed by atoms with Gasteiger partial charge in [-0.15, -0.1) is 0 Å². The highest BCUT2D eigenvalue weighted by Gasteiger charge is 2.26. The van der Waals surface area contributed by atoms with Crippen molar-refractivity contribution in [3.63, 3.8) is 0 Å². The lowest BCUT2D eigenvalue weighted by molar-refractivity contribution is 0.224. The number of aromatic nitrogens is 2. The molecule has 2 amide bonds. The van der Waals surface area contributed by atoms with Crippen LogP contribution in [0.4, 0.5) is 15.0 Å². The summed E-state index contributed by atoms with van der Waals surface area (Å²) < 4.78 is 16.3. The van der Waals surface area contributed by atoms with Crippen molar-refractivity contribution in [2.75, 3.05) is 25.0 Å². The summed E-state index contributed by atoms with van der Waals surface area (Å²) in [5, 5.41) is 10.2. The number of hydrogen-bond acceptors (Lipinski definition) is 3. The minimum Gasteiger partial charge on any atom is -0.336 e. The molecule has 1 atom stereocenters. The molecule has 4 rings (SSSR count). The first kappa shape index (κ1) is 18.9. The number of nitrogens with zero attached hydrogens (tertiary/aromatic N) is 3. The second-order valence-corrected chi connectivity index (χ2v) is 7.71. The maximum Gasteiger partial charge on any atom is 0.320 e. The Morgan fingerprint density at radius 1 is 1.14 bits per heavy atom. The van der Waals surface area contributed by atoms with Gasteiger partial charge in [0.1, 0.15) is 11.6 Å². The molecule has 1 aliphatic carbocycles. The molecule has 1 aromatic heterocycles. The van der Waals surface area contributed by atoms with Crippen molar-refractivity contribution < 1.29 is 9.18 Å². The zero-order valence-electron chi connectivity index (χ0n) is 16.1. The number of benzene rings is 1. The number of urea groups is 1. The van der Waals surface area contributed by atoms with Gasteiger partial charge in [0.25, 0.3) is 0 Å². The van der Waals surface area contributed by atoms with Gasteiger partial charge in [0, 0.05) is 18.2 Å². The summed E-state index contributed by atoms with van der Waals surface area (Å²) in [6.45, 7) is 2.22. The molecule has 2 aromatic rings. The zero-order valence-corrected chi connectivity index (χ0v) is 16.1. The highest BCUT2D eigenvalue weighted by atomic mass is 19.1. The van der Waals surface area contributed by atoms with Crippen molar-refractivity contribution in [1.29, 1.82) is 0 Å². The van der Waals surface area contributed by atoms with E-state index in [2.05, 4.69) is 20.6 Å². The van der Waals surface area contributed by atoms with Crippen molar-refractivity contribution in [3.05, 3.63) is 47.9 Å². The van der Waals surface area contributed by atoms with Crippen LogP contribution < -0.4 is 10.6 Å². The molecule has 1 aliphatic heterocycles. The Kier molecular flexibility index (Phi) is 5.90. The fourth-order valence-corrected chi connectivity index (χ4v) is 4.44. The summed E-state index contributed by atoms with van der Waals surface area (Å²) in [5.74, 6) is 0.494. The van der Waals surface area contributed by atoms with Crippen molar-refractivity contribution in [1.82, 2.24) is 20.0 Å². The monoisotopic (exact) mass is 385 g/mol. The van der Waals surface area contributed by atoms with E-state index in [9.17, 15) is 9.18 Å². The molecule has 1 aromatic carbocycles. The molecule has 7 heteroatoms. The number of halogens is 1. The molecule has 28 heavy (non-hydrogen) atoms. The second kappa shape index (κ2) is 8.73. The molecule has 1 saturated heterocycles. The Hall–Kier alpha value is -2.41. The van der Waals surface area contributed by atoms with E-state index in [0.29, 0.717) is 24.0 Å². The number of nitrogens with one attached hydrogen (secondary N) is 2. The Bertz CT molecular complexity index is 796.